The summed E-state index contributed by atoms with van der Waals surface area (Å²) in [4.78, 5) is 87.2. The standard InChI is InChI=1S/C53H61F2N9O7/c1-32-48(33(2)71-60-32)34-17-20-42-41(29-34)58-50(43-15-12-16-47(67)62(43)36-18-19-38(54)39(55)30-36)63(42)35-23-27-61(28-24-35)31-46(66)57-26-10-8-6-4-3-5-7-9-25-56-40-14-11-13-37-49(40)53(70)64(52(37)69)44-21-22-45(65)59-51(44)68/h11,13-14,17-20,29-30,35,43-44,56H,3-10,12,15-16,21-28,31H2,1-2H3,(H,57,66)(H,59,65,68)/t43-,44?/m0/s1. The Balaban J connectivity index is 0.709. The third kappa shape index (κ3) is 10.5. The molecule has 374 valence electrons. The quantitative estimate of drug-likeness (QED) is 0.0534. The molecular formula is C53H61F2N9O7. The van der Waals surface area contributed by atoms with Gasteiger partial charge in [0.1, 0.15) is 17.6 Å². The van der Waals surface area contributed by atoms with Crippen molar-refractivity contribution in [2.75, 3.05) is 42.9 Å². The van der Waals surface area contributed by atoms with E-state index in [1.807, 2.05) is 26.0 Å². The van der Waals surface area contributed by atoms with Gasteiger partial charge in [-0.2, -0.15) is 0 Å². The van der Waals surface area contributed by atoms with Crippen LogP contribution < -0.4 is 20.9 Å². The molecule has 3 N–H and O–H groups in total. The molecule has 2 aromatic heterocycles. The van der Waals surface area contributed by atoms with Gasteiger partial charge in [-0.1, -0.05) is 55.8 Å². The zero-order valence-electron chi connectivity index (χ0n) is 40.4. The van der Waals surface area contributed by atoms with E-state index >= 15 is 0 Å². The van der Waals surface area contributed by atoms with Crippen molar-refractivity contribution < 1.29 is 42.1 Å². The van der Waals surface area contributed by atoms with E-state index in [4.69, 9.17) is 9.51 Å². The molecule has 4 aliphatic rings. The summed E-state index contributed by atoms with van der Waals surface area (Å²) in [6.45, 7) is 6.73. The number of hydrogen-bond acceptors (Lipinski definition) is 11. The van der Waals surface area contributed by atoms with Gasteiger partial charge in [0.05, 0.1) is 40.4 Å². The number of aryl methyl sites for hydroxylation is 2. The molecule has 0 radical (unpaired) electrons. The Kier molecular flexibility index (Phi) is 15.0. The maximum Gasteiger partial charge on any atom is 0.264 e. The van der Waals surface area contributed by atoms with Crippen LogP contribution in [-0.2, 0) is 19.2 Å². The molecule has 3 aromatic carbocycles. The van der Waals surface area contributed by atoms with Gasteiger partial charge < -0.3 is 24.6 Å². The van der Waals surface area contributed by atoms with Crippen molar-refractivity contribution in [3.63, 3.8) is 0 Å². The van der Waals surface area contributed by atoms with Crippen LogP contribution in [0.25, 0.3) is 22.2 Å². The number of benzene rings is 3. The van der Waals surface area contributed by atoms with Crippen LogP contribution in [0.2, 0.25) is 0 Å². The number of nitrogens with zero attached hydrogens (tertiary/aromatic N) is 6. The molecule has 9 rings (SSSR count). The number of piperidine rings is 3. The van der Waals surface area contributed by atoms with Crippen LogP contribution >= 0.6 is 0 Å². The first-order valence-electron chi connectivity index (χ1n) is 25.2. The van der Waals surface area contributed by atoms with Crippen LogP contribution in [0.5, 0.6) is 0 Å². The van der Waals surface area contributed by atoms with Gasteiger partial charge in [0.25, 0.3) is 11.8 Å². The van der Waals surface area contributed by atoms with Gasteiger partial charge in [0.2, 0.25) is 23.6 Å². The van der Waals surface area contributed by atoms with E-state index in [0.717, 1.165) is 109 Å². The number of likely N-dealkylation sites (tertiary alicyclic amines) is 1. The molecule has 18 heteroatoms. The number of imidazole rings is 1. The lowest BCUT2D eigenvalue weighted by Gasteiger charge is -2.38. The highest BCUT2D eigenvalue weighted by Crippen LogP contribution is 2.41. The van der Waals surface area contributed by atoms with Gasteiger partial charge >= 0.3 is 0 Å². The van der Waals surface area contributed by atoms with E-state index in [2.05, 4.69) is 36.6 Å². The van der Waals surface area contributed by atoms with E-state index in [-0.39, 0.29) is 41.8 Å². The minimum Gasteiger partial charge on any atom is -0.384 e. The van der Waals surface area contributed by atoms with Crippen molar-refractivity contribution in [1.29, 1.82) is 0 Å². The fourth-order valence-corrected chi connectivity index (χ4v) is 10.9. The van der Waals surface area contributed by atoms with Crippen molar-refractivity contribution in [1.82, 2.24) is 35.1 Å². The summed E-state index contributed by atoms with van der Waals surface area (Å²) in [6.07, 6.45) is 11.4. The SMILES string of the molecule is Cc1noc(C)c1-c1ccc2c(c1)nc([C@@H]1CCCC(=O)N1c1ccc(F)c(F)c1)n2C1CCN(CC(=O)NCCCCCCCCCCNc2cccc3c2C(=O)N(C2CCC(=O)NC2=O)C3=O)CC1. The first-order valence-corrected chi connectivity index (χ1v) is 25.2. The Labute approximate surface area is 410 Å². The van der Waals surface area contributed by atoms with Gasteiger partial charge in [0.15, 0.2) is 11.6 Å². The van der Waals surface area contributed by atoms with Crippen LogP contribution in [0.15, 0.2) is 59.1 Å². The van der Waals surface area contributed by atoms with E-state index in [0.29, 0.717) is 74.9 Å². The molecular weight excluding hydrogens is 913 g/mol. The van der Waals surface area contributed by atoms with Crippen LogP contribution in [-0.4, -0.2) is 98.7 Å². The van der Waals surface area contributed by atoms with Crippen molar-refractivity contribution >= 4 is 57.9 Å². The van der Waals surface area contributed by atoms with Crippen LogP contribution in [0, 0.1) is 25.5 Å². The maximum absolute atomic E-state index is 14.6. The number of anilines is 2. The molecule has 0 aliphatic carbocycles. The number of carbonyl (C=O) groups excluding carboxylic acids is 6. The lowest BCUT2D eigenvalue weighted by molar-refractivity contribution is -0.136. The lowest BCUT2D eigenvalue weighted by Crippen LogP contribution is -2.54. The highest BCUT2D eigenvalue weighted by molar-refractivity contribution is 6.25. The Morgan fingerprint density at radius 3 is 2.24 bits per heavy atom. The Bertz CT molecular complexity index is 2830. The zero-order valence-corrected chi connectivity index (χ0v) is 40.4. The molecule has 0 saturated carbocycles. The molecule has 3 saturated heterocycles. The molecule has 0 bridgehead atoms. The third-order valence-electron chi connectivity index (χ3n) is 14.5. The highest BCUT2D eigenvalue weighted by Gasteiger charge is 2.46. The molecule has 0 spiro atoms. The maximum atomic E-state index is 14.6. The molecule has 4 aliphatic heterocycles. The minimum atomic E-state index is -1.01. The first-order chi connectivity index (χ1) is 34.4. The van der Waals surface area contributed by atoms with Gasteiger partial charge in [-0.15, -0.1) is 0 Å². The normalized spacial score (nSPS) is 19.0. The summed E-state index contributed by atoms with van der Waals surface area (Å²) >= 11 is 0. The Morgan fingerprint density at radius 2 is 1.52 bits per heavy atom. The fourth-order valence-electron chi connectivity index (χ4n) is 10.9. The molecule has 3 fully saturated rings. The second-order valence-electron chi connectivity index (χ2n) is 19.3. The lowest BCUT2D eigenvalue weighted by atomic mass is 9.98. The predicted molar refractivity (Wildman–Crippen MR) is 261 cm³/mol. The van der Waals surface area contributed by atoms with Gasteiger partial charge in [-0.25, -0.2) is 13.8 Å². The monoisotopic (exact) mass is 973 g/mol. The van der Waals surface area contributed by atoms with Crippen LogP contribution in [0.3, 0.4) is 0 Å². The summed E-state index contributed by atoms with van der Waals surface area (Å²) < 4.78 is 36.4. The van der Waals surface area contributed by atoms with E-state index < -0.39 is 47.3 Å². The number of imide groups is 2. The summed E-state index contributed by atoms with van der Waals surface area (Å²) in [5.74, 6) is -2.82. The summed E-state index contributed by atoms with van der Waals surface area (Å²) in [5.41, 5.74) is 5.66. The molecule has 16 nitrogen and oxygen atoms in total. The number of carbonyl (C=O) groups is 6. The molecule has 1 unspecified atom stereocenters. The number of fused-ring (bicyclic) bond motifs is 2. The van der Waals surface area contributed by atoms with Gasteiger partial charge in [-0.05, 0) is 101 Å². The Hall–Kier alpha value is -6.82. The predicted octanol–water partition coefficient (Wildman–Crippen LogP) is 8.23. The van der Waals surface area contributed by atoms with Crippen LogP contribution in [0.4, 0.5) is 20.2 Å². The smallest absolute Gasteiger partial charge is 0.264 e. The minimum absolute atomic E-state index is 0.00337. The summed E-state index contributed by atoms with van der Waals surface area (Å²) in [5, 5.41) is 12.8. The van der Waals surface area contributed by atoms with E-state index in [9.17, 15) is 37.5 Å². The second kappa shape index (κ2) is 21.7. The molecule has 6 amide bonds. The van der Waals surface area contributed by atoms with E-state index in [1.165, 1.54) is 6.07 Å². The van der Waals surface area contributed by atoms with Crippen molar-refractivity contribution in [2.24, 2.45) is 0 Å². The average molecular weight is 974 g/mol. The molecule has 71 heavy (non-hydrogen) atoms. The van der Waals surface area contributed by atoms with Crippen LogP contribution in [0.1, 0.15) is 146 Å². The number of amides is 6. The number of rotatable bonds is 19. The van der Waals surface area contributed by atoms with Gasteiger partial charge in [0, 0.05) is 68.1 Å². The van der Waals surface area contributed by atoms with Crippen molar-refractivity contribution in [3.05, 3.63) is 94.6 Å². The van der Waals surface area contributed by atoms with Gasteiger partial charge in [-0.3, -0.25) is 43.9 Å². The zero-order chi connectivity index (χ0) is 49.8. The van der Waals surface area contributed by atoms with Crippen molar-refractivity contribution in [2.45, 2.75) is 128 Å². The number of hydrogen-bond donors (Lipinski definition) is 3. The number of aromatic nitrogens is 3. The topological polar surface area (TPSA) is 192 Å². The molecule has 6 heterocycles. The van der Waals surface area contributed by atoms with Crippen molar-refractivity contribution in [3.8, 4) is 11.1 Å². The average Bonchev–Trinajstić information content (AvgIpc) is 3.99. The number of unbranched alkanes of at least 4 members (excludes halogenated alkanes) is 7. The largest absolute Gasteiger partial charge is 0.384 e. The second-order valence-corrected chi connectivity index (χ2v) is 19.3. The van der Waals surface area contributed by atoms with E-state index in [1.54, 1.807) is 23.1 Å². The Morgan fingerprint density at radius 1 is 0.775 bits per heavy atom. The third-order valence-corrected chi connectivity index (χ3v) is 14.5. The summed E-state index contributed by atoms with van der Waals surface area (Å²) in [7, 11) is 0. The highest BCUT2D eigenvalue weighted by atomic mass is 19.2. The number of halogens is 2. The number of nitrogens with one attached hydrogen (secondary N) is 3. The molecule has 5 aromatic rings. The summed E-state index contributed by atoms with van der Waals surface area (Å²) in [6, 6.07) is 13.3. The molecule has 2 atom stereocenters. The fraction of sp³-hybridized carbons (Fsp3) is 0.472. The first kappa shape index (κ1) is 49.2.